The lowest BCUT2D eigenvalue weighted by atomic mass is 10.1. The van der Waals surface area contributed by atoms with E-state index in [0.717, 1.165) is 20.9 Å². The van der Waals surface area contributed by atoms with Gasteiger partial charge in [-0.3, -0.25) is 34.0 Å². The SMILES string of the molecule is O=C(O)CN(CC(=O)O)Cc1cc(C#Cc2ccc(C#Cc3ccccc3)cc2)cc(CN(CC(=O)O)CC(=O)O)n1. The highest BCUT2D eigenvalue weighted by Gasteiger charge is 2.18. The van der Waals surface area contributed by atoms with Gasteiger partial charge in [-0.15, -0.1) is 0 Å². The topological polar surface area (TPSA) is 169 Å². The van der Waals surface area contributed by atoms with Crippen LogP contribution in [0.15, 0.2) is 66.7 Å². The zero-order valence-corrected chi connectivity index (χ0v) is 22.4. The highest BCUT2D eigenvalue weighted by atomic mass is 16.4. The average molecular weight is 570 g/mol. The van der Waals surface area contributed by atoms with Crippen LogP contribution in [0.25, 0.3) is 0 Å². The van der Waals surface area contributed by atoms with Crippen LogP contribution < -0.4 is 0 Å². The lowest BCUT2D eigenvalue weighted by Crippen LogP contribution is -2.35. The van der Waals surface area contributed by atoms with Crippen molar-refractivity contribution in [3.05, 3.63) is 100 Å². The molecule has 0 atom stereocenters. The van der Waals surface area contributed by atoms with E-state index >= 15 is 0 Å². The van der Waals surface area contributed by atoms with E-state index in [9.17, 15) is 39.6 Å². The van der Waals surface area contributed by atoms with E-state index in [1.807, 2.05) is 42.5 Å². The number of aromatic nitrogens is 1. The molecule has 1 aromatic heterocycles. The Kier molecular flexibility index (Phi) is 11.3. The third-order valence-electron chi connectivity index (χ3n) is 5.50. The summed E-state index contributed by atoms with van der Waals surface area (Å²) in [6.07, 6.45) is 0. The molecule has 2 aromatic carbocycles. The molecule has 0 aliphatic carbocycles. The first-order valence-corrected chi connectivity index (χ1v) is 12.6. The van der Waals surface area contributed by atoms with Gasteiger partial charge in [0.25, 0.3) is 0 Å². The molecule has 1 heterocycles. The van der Waals surface area contributed by atoms with Gasteiger partial charge < -0.3 is 20.4 Å². The molecule has 0 aliphatic rings. The van der Waals surface area contributed by atoms with Crippen molar-refractivity contribution >= 4 is 23.9 Å². The average Bonchev–Trinajstić information content (AvgIpc) is 2.90. The Balaban J connectivity index is 1.90. The fraction of sp³-hybridized carbons (Fsp3) is 0.194. The minimum Gasteiger partial charge on any atom is -0.480 e. The maximum Gasteiger partial charge on any atom is 0.317 e. The van der Waals surface area contributed by atoms with Gasteiger partial charge in [-0.2, -0.15) is 0 Å². The summed E-state index contributed by atoms with van der Waals surface area (Å²) in [7, 11) is 0. The summed E-state index contributed by atoms with van der Waals surface area (Å²) in [4.78, 5) is 51.8. The predicted molar refractivity (Wildman–Crippen MR) is 150 cm³/mol. The first-order valence-electron chi connectivity index (χ1n) is 12.6. The van der Waals surface area contributed by atoms with Crippen LogP contribution in [0.1, 0.15) is 33.6 Å². The van der Waals surface area contributed by atoms with Gasteiger partial charge in [0.15, 0.2) is 0 Å². The maximum atomic E-state index is 11.3. The van der Waals surface area contributed by atoms with Crippen molar-refractivity contribution in [3.63, 3.8) is 0 Å². The molecule has 3 rings (SSSR count). The normalized spacial score (nSPS) is 10.3. The van der Waals surface area contributed by atoms with Crippen molar-refractivity contribution in [2.75, 3.05) is 26.2 Å². The summed E-state index contributed by atoms with van der Waals surface area (Å²) in [5.74, 6) is 7.29. The molecule has 11 nitrogen and oxygen atoms in total. The van der Waals surface area contributed by atoms with Crippen LogP contribution in [-0.4, -0.2) is 85.3 Å². The zero-order valence-electron chi connectivity index (χ0n) is 22.4. The van der Waals surface area contributed by atoms with Crippen LogP contribution in [0.4, 0.5) is 0 Å². The summed E-state index contributed by atoms with van der Waals surface area (Å²) < 4.78 is 0. The monoisotopic (exact) mass is 569 g/mol. The zero-order chi connectivity index (χ0) is 30.5. The standard InChI is InChI=1S/C31H27N3O8/c35-28(36)18-33(19-29(37)38)16-26-14-25(15-27(32-26)17-34(20-30(39)40)21-31(41)42)13-12-24-10-8-23(9-11-24)7-6-22-4-2-1-3-5-22/h1-5,8-11,14-15H,16-21H2,(H,35,36)(H,37,38)(H,39,40)(H,41,42). The lowest BCUT2D eigenvalue weighted by Gasteiger charge is -2.20. The maximum absolute atomic E-state index is 11.3. The van der Waals surface area contributed by atoms with Crippen LogP contribution in [0.5, 0.6) is 0 Å². The molecule has 3 aromatic rings. The number of rotatable bonds is 12. The summed E-state index contributed by atoms with van der Waals surface area (Å²) >= 11 is 0. The van der Waals surface area contributed by atoms with E-state index in [2.05, 4.69) is 28.7 Å². The number of carboxylic acids is 4. The minimum absolute atomic E-state index is 0.145. The van der Waals surface area contributed by atoms with Crippen molar-refractivity contribution in [2.24, 2.45) is 0 Å². The number of nitrogens with zero attached hydrogens (tertiary/aromatic N) is 3. The van der Waals surface area contributed by atoms with Gasteiger partial charge in [0, 0.05) is 35.3 Å². The molecule has 42 heavy (non-hydrogen) atoms. The number of hydrogen-bond acceptors (Lipinski definition) is 7. The Morgan fingerprint density at radius 3 is 1.21 bits per heavy atom. The quantitative estimate of drug-likeness (QED) is 0.235. The number of benzene rings is 2. The summed E-state index contributed by atoms with van der Waals surface area (Å²) in [6, 6.07) is 20.0. The van der Waals surface area contributed by atoms with Gasteiger partial charge in [-0.25, -0.2) is 0 Å². The second-order valence-electron chi connectivity index (χ2n) is 9.15. The number of carbonyl (C=O) groups is 4. The number of pyridine rings is 1. The van der Waals surface area contributed by atoms with Gasteiger partial charge >= 0.3 is 23.9 Å². The highest BCUT2D eigenvalue weighted by molar-refractivity contribution is 5.73. The Labute approximate surface area is 241 Å². The molecule has 0 aliphatic heterocycles. The van der Waals surface area contributed by atoms with E-state index < -0.39 is 50.1 Å². The van der Waals surface area contributed by atoms with Crippen LogP contribution in [0, 0.1) is 23.7 Å². The van der Waals surface area contributed by atoms with E-state index in [4.69, 9.17) is 0 Å². The molecule has 0 bridgehead atoms. The van der Waals surface area contributed by atoms with Gasteiger partial charge in [0.2, 0.25) is 0 Å². The fourth-order valence-electron chi connectivity index (χ4n) is 3.89. The van der Waals surface area contributed by atoms with Gasteiger partial charge in [0.05, 0.1) is 37.6 Å². The van der Waals surface area contributed by atoms with Crippen LogP contribution in [-0.2, 0) is 32.3 Å². The molecule has 0 saturated carbocycles. The minimum atomic E-state index is -1.22. The van der Waals surface area contributed by atoms with Gasteiger partial charge in [-0.05, 0) is 48.5 Å². The molecule has 0 spiro atoms. The molecule has 11 heteroatoms. The molecule has 0 radical (unpaired) electrons. The number of hydrogen-bond donors (Lipinski definition) is 4. The Bertz CT molecular complexity index is 1480. The predicted octanol–water partition coefficient (Wildman–Crippen LogP) is 1.82. The van der Waals surface area contributed by atoms with Crippen molar-refractivity contribution in [1.29, 1.82) is 0 Å². The Hall–Kier alpha value is -5.49. The third-order valence-corrected chi connectivity index (χ3v) is 5.50. The first kappa shape index (κ1) is 31.0. The van der Waals surface area contributed by atoms with E-state index in [1.165, 1.54) is 0 Å². The molecular weight excluding hydrogens is 542 g/mol. The lowest BCUT2D eigenvalue weighted by molar-refractivity contribution is -0.144. The van der Waals surface area contributed by atoms with Crippen LogP contribution in [0.2, 0.25) is 0 Å². The Morgan fingerprint density at radius 2 is 0.857 bits per heavy atom. The number of aliphatic carboxylic acids is 4. The molecule has 0 saturated heterocycles. The molecule has 214 valence electrons. The molecular formula is C31H27N3O8. The highest BCUT2D eigenvalue weighted by Crippen LogP contribution is 2.12. The molecule has 0 fully saturated rings. The molecule has 4 N–H and O–H groups in total. The van der Waals surface area contributed by atoms with Crippen molar-refractivity contribution in [3.8, 4) is 23.7 Å². The largest absolute Gasteiger partial charge is 0.480 e. The smallest absolute Gasteiger partial charge is 0.317 e. The van der Waals surface area contributed by atoms with Crippen molar-refractivity contribution in [2.45, 2.75) is 13.1 Å². The summed E-state index contributed by atoms with van der Waals surface area (Å²) in [6.45, 7) is -2.50. The third kappa shape index (κ3) is 11.3. The summed E-state index contributed by atoms with van der Waals surface area (Å²) in [5, 5.41) is 36.8. The van der Waals surface area contributed by atoms with E-state index in [1.54, 1.807) is 24.3 Å². The summed E-state index contributed by atoms with van der Waals surface area (Å²) in [5.41, 5.74) is 3.39. The van der Waals surface area contributed by atoms with Crippen LogP contribution in [0.3, 0.4) is 0 Å². The second kappa shape index (κ2) is 15.3. The molecule has 0 amide bonds. The van der Waals surface area contributed by atoms with Crippen LogP contribution >= 0.6 is 0 Å². The Morgan fingerprint density at radius 1 is 0.524 bits per heavy atom. The van der Waals surface area contributed by atoms with E-state index in [0.29, 0.717) is 11.1 Å². The van der Waals surface area contributed by atoms with E-state index in [-0.39, 0.29) is 24.5 Å². The van der Waals surface area contributed by atoms with Gasteiger partial charge in [-0.1, -0.05) is 41.9 Å². The second-order valence-corrected chi connectivity index (χ2v) is 9.15. The van der Waals surface area contributed by atoms with Crippen molar-refractivity contribution < 1.29 is 39.6 Å². The van der Waals surface area contributed by atoms with Crippen molar-refractivity contribution in [1.82, 2.24) is 14.8 Å². The van der Waals surface area contributed by atoms with Gasteiger partial charge in [0.1, 0.15) is 0 Å². The molecule has 0 unspecified atom stereocenters. The fourth-order valence-corrected chi connectivity index (χ4v) is 3.89. The first-order chi connectivity index (χ1) is 20.0. The number of carboxylic acid groups (broad SMARTS) is 4.